The maximum absolute atomic E-state index is 12.6. The highest BCUT2D eigenvalue weighted by atomic mass is 32.3. The number of hydrogen-bond acceptors (Lipinski definition) is 9. The van der Waals surface area contributed by atoms with E-state index in [-0.39, 0.29) is 28.8 Å². The first-order valence-corrected chi connectivity index (χ1v) is 7.93. The normalized spacial score (nSPS) is 19.0. The van der Waals surface area contributed by atoms with Gasteiger partial charge in [0.15, 0.2) is 0 Å². The molecule has 0 fully saturated rings. The molecule has 5 rings (SSSR count). The highest BCUT2D eigenvalue weighted by Gasteiger charge is 2.38. The standard InChI is InChI=1S/C12H8N4O7S.H2O/c13-12-14-10-8-4-5-3-6(16(18)19)1-2-7(5)9(10)11(17)15(12)23-24(20,21)22-8;/h1-3,8H,4H2,(H2,13,14);1H2. The molecular weight excluding hydrogens is 360 g/mol. The summed E-state index contributed by atoms with van der Waals surface area (Å²) in [5.41, 5.74) is 5.45. The Morgan fingerprint density at radius 3 is 2.80 bits per heavy atom. The van der Waals surface area contributed by atoms with E-state index in [1.54, 1.807) is 0 Å². The maximum Gasteiger partial charge on any atom is 0.468 e. The molecule has 4 bridgehead atoms. The number of non-ortho nitro benzene ring substituents is 1. The van der Waals surface area contributed by atoms with Crippen molar-refractivity contribution in [3.63, 3.8) is 0 Å². The molecular formula is C12H10N4O8S. The zero-order valence-electron chi connectivity index (χ0n) is 12.2. The fraction of sp³-hybridized carbons (Fsp3) is 0.167. The molecule has 1 aromatic heterocycles. The minimum atomic E-state index is -4.54. The predicted molar refractivity (Wildman–Crippen MR) is 81.6 cm³/mol. The number of nitrogen functional groups attached to an aromatic ring is 1. The summed E-state index contributed by atoms with van der Waals surface area (Å²) < 4.78 is 33.4. The first-order chi connectivity index (χ1) is 11.3. The number of fused-ring (bicyclic) bond motifs is 4. The minimum absolute atomic E-state index is 0. The Kier molecular flexibility index (Phi) is 3.52. The molecule has 1 atom stereocenters. The second-order valence-corrected chi connectivity index (χ2v) is 6.36. The Bertz CT molecular complexity index is 1080. The minimum Gasteiger partial charge on any atom is -0.412 e. The number of rotatable bonds is 1. The summed E-state index contributed by atoms with van der Waals surface area (Å²) in [4.78, 5) is 26.9. The third-order valence-electron chi connectivity index (χ3n) is 3.78. The van der Waals surface area contributed by atoms with Gasteiger partial charge in [0, 0.05) is 18.6 Å². The Labute approximate surface area is 139 Å². The van der Waals surface area contributed by atoms with Gasteiger partial charge in [0.05, 0.1) is 16.2 Å². The number of nitrogens with zero attached hydrogens (tertiary/aromatic N) is 3. The molecule has 0 amide bonds. The van der Waals surface area contributed by atoms with Crippen LogP contribution in [-0.2, 0) is 21.0 Å². The second-order valence-electron chi connectivity index (χ2n) is 5.20. The quantitative estimate of drug-likeness (QED) is 0.478. The molecule has 25 heavy (non-hydrogen) atoms. The molecule has 1 aliphatic carbocycles. The van der Waals surface area contributed by atoms with E-state index < -0.39 is 32.9 Å². The number of nitro groups is 1. The van der Waals surface area contributed by atoms with Gasteiger partial charge in [-0.25, -0.2) is 9.17 Å². The molecule has 4 N–H and O–H groups in total. The lowest BCUT2D eigenvalue weighted by Crippen LogP contribution is -2.41. The molecule has 3 aliphatic rings. The molecule has 2 aromatic rings. The fourth-order valence-corrected chi connectivity index (χ4v) is 3.64. The summed E-state index contributed by atoms with van der Waals surface area (Å²) in [6.07, 6.45) is -1.20. The largest absolute Gasteiger partial charge is 0.468 e. The molecule has 2 aliphatic heterocycles. The molecule has 13 heteroatoms. The van der Waals surface area contributed by atoms with Gasteiger partial charge in [-0.15, -0.1) is 0 Å². The smallest absolute Gasteiger partial charge is 0.412 e. The molecule has 0 radical (unpaired) electrons. The highest BCUT2D eigenvalue weighted by molar-refractivity contribution is 7.82. The van der Waals surface area contributed by atoms with E-state index in [2.05, 4.69) is 9.27 Å². The summed E-state index contributed by atoms with van der Waals surface area (Å²) in [5.74, 6) is -0.430. The third-order valence-corrected chi connectivity index (χ3v) is 4.58. The van der Waals surface area contributed by atoms with Gasteiger partial charge < -0.3 is 11.2 Å². The van der Waals surface area contributed by atoms with Crippen molar-refractivity contribution in [2.45, 2.75) is 12.5 Å². The Morgan fingerprint density at radius 1 is 1.40 bits per heavy atom. The number of benzene rings is 1. The number of nitrogens with two attached hydrogens (primary N) is 1. The van der Waals surface area contributed by atoms with Gasteiger partial charge in [-0.1, -0.05) is 4.73 Å². The molecule has 132 valence electrons. The van der Waals surface area contributed by atoms with Gasteiger partial charge in [-0.3, -0.25) is 19.2 Å². The van der Waals surface area contributed by atoms with E-state index in [4.69, 9.17) is 9.92 Å². The van der Waals surface area contributed by atoms with Crippen LogP contribution in [0.5, 0.6) is 0 Å². The topological polar surface area (TPSA) is 188 Å². The SMILES string of the molecule is Nc1nc2c3c(=O)n1OS(=O)(=O)OC2Cc1cc([N+](=O)[O-])ccc1-3.O. The van der Waals surface area contributed by atoms with Crippen molar-refractivity contribution in [1.82, 2.24) is 9.71 Å². The molecule has 1 aromatic carbocycles. The van der Waals surface area contributed by atoms with Crippen molar-refractivity contribution in [3.05, 3.63) is 49.9 Å². The predicted octanol–water partition coefficient (Wildman–Crippen LogP) is -1.12. The van der Waals surface area contributed by atoms with Crippen LogP contribution in [0.3, 0.4) is 0 Å². The van der Waals surface area contributed by atoms with E-state index in [0.717, 1.165) is 0 Å². The van der Waals surface area contributed by atoms with E-state index in [0.29, 0.717) is 15.9 Å². The highest BCUT2D eigenvalue weighted by Crippen LogP contribution is 2.40. The van der Waals surface area contributed by atoms with Crippen LogP contribution >= 0.6 is 0 Å². The lowest BCUT2D eigenvalue weighted by atomic mass is 9.87. The van der Waals surface area contributed by atoms with Gasteiger partial charge in [0.25, 0.3) is 11.2 Å². The molecule has 12 nitrogen and oxygen atoms in total. The molecule has 3 heterocycles. The first kappa shape index (κ1) is 16.8. The van der Waals surface area contributed by atoms with Crippen LogP contribution in [-0.4, -0.2) is 28.5 Å². The average molecular weight is 370 g/mol. The lowest BCUT2D eigenvalue weighted by Gasteiger charge is -2.28. The van der Waals surface area contributed by atoms with Crippen LogP contribution in [0.2, 0.25) is 0 Å². The van der Waals surface area contributed by atoms with Crippen LogP contribution in [0.1, 0.15) is 17.4 Å². The summed E-state index contributed by atoms with van der Waals surface area (Å²) in [6, 6.07) is 3.92. The number of nitro benzene ring substituents is 1. The zero-order valence-corrected chi connectivity index (χ0v) is 13.0. The van der Waals surface area contributed by atoms with Crippen molar-refractivity contribution < 1.29 is 27.3 Å². The van der Waals surface area contributed by atoms with Gasteiger partial charge in [-0.05, 0) is 17.2 Å². The van der Waals surface area contributed by atoms with Gasteiger partial charge in [0.1, 0.15) is 6.10 Å². The second kappa shape index (κ2) is 5.23. The Morgan fingerprint density at radius 2 is 2.12 bits per heavy atom. The molecule has 0 spiro atoms. The van der Waals surface area contributed by atoms with E-state index in [1.807, 2.05) is 0 Å². The van der Waals surface area contributed by atoms with E-state index >= 15 is 0 Å². The third kappa shape index (κ3) is 2.41. The molecule has 1 unspecified atom stereocenters. The van der Waals surface area contributed by atoms with Crippen molar-refractivity contribution in [2.75, 3.05) is 5.73 Å². The Balaban J connectivity index is 0.00000182. The van der Waals surface area contributed by atoms with E-state index in [9.17, 15) is 23.3 Å². The number of aromatic nitrogens is 2. The van der Waals surface area contributed by atoms with Crippen LogP contribution in [0, 0.1) is 10.1 Å². The lowest BCUT2D eigenvalue weighted by molar-refractivity contribution is -0.384. The van der Waals surface area contributed by atoms with Crippen LogP contribution in [0.25, 0.3) is 11.1 Å². The first-order valence-electron chi connectivity index (χ1n) is 6.60. The van der Waals surface area contributed by atoms with Gasteiger partial charge in [0.2, 0.25) is 5.95 Å². The fourth-order valence-electron chi connectivity index (χ4n) is 2.83. The number of hydrogen-bond donors (Lipinski definition) is 1. The van der Waals surface area contributed by atoms with Crippen molar-refractivity contribution in [3.8, 4) is 11.1 Å². The summed E-state index contributed by atoms with van der Waals surface area (Å²) in [6.45, 7) is 0. The van der Waals surface area contributed by atoms with Crippen molar-refractivity contribution in [2.24, 2.45) is 0 Å². The molecule has 0 saturated heterocycles. The van der Waals surface area contributed by atoms with Crippen LogP contribution in [0.15, 0.2) is 23.0 Å². The summed E-state index contributed by atoms with van der Waals surface area (Å²) in [5, 5.41) is 10.9. The van der Waals surface area contributed by atoms with Crippen LogP contribution in [0.4, 0.5) is 11.6 Å². The summed E-state index contributed by atoms with van der Waals surface area (Å²) in [7, 11) is -4.54. The molecule has 0 saturated carbocycles. The number of anilines is 1. The maximum atomic E-state index is 12.6. The average Bonchev–Trinajstić information content (AvgIpc) is 2.49. The zero-order chi connectivity index (χ0) is 17.2. The van der Waals surface area contributed by atoms with Crippen LogP contribution < -0.4 is 15.6 Å². The van der Waals surface area contributed by atoms with Crippen molar-refractivity contribution in [1.29, 1.82) is 0 Å². The van der Waals surface area contributed by atoms with Crippen molar-refractivity contribution >= 4 is 22.0 Å². The monoisotopic (exact) mass is 370 g/mol. The van der Waals surface area contributed by atoms with Gasteiger partial charge >= 0.3 is 10.4 Å². The van der Waals surface area contributed by atoms with Gasteiger partial charge in [-0.2, -0.15) is 8.42 Å². The van der Waals surface area contributed by atoms with E-state index in [1.165, 1.54) is 18.2 Å². The summed E-state index contributed by atoms with van der Waals surface area (Å²) >= 11 is 0. The Hall–Kier alpha value is -3.03.